The molecule has 0 fully saturated rings. The molecule has 13 heteroatoms. The summed E-state index contributed by atoms with van der Waals surface area (Å²) >= 11 is 0. The third-order valence-electron chi connectivity index (χ3n) is 10.2. The van der Waals surface area contributed by atoms with Gasteiger partial charge in [-0.2, -0.15) is 0 Å². The lowest BCUT2D eigenvalue weighted by Gasteiger charge is -2.28. The Balaban J connectivity index is 2.41. The van der Waals surface area contributed by atoms with Crippen LogP contribution >= 0.6 is 7.82 Å². The van der Waals surface area contributed by atoms with Gasteiger partial charge in [0.2, 0.25) is 0 Å². The minimum absolute atomic E-state index is 0.0664. The number of unbranched alkanes of at least 4 members (excludes halogenated alkanes) is 12. The van der Waals surface area contributed by atoms with E-state index < -0.39 is 44.7 Å². The van der Waals surface area contributed by atoms with Crippen molar-refractivity contribution in [1.82, 2.24) is 0 Å². The Morgan fingerprint density at radius 1 is 0.737 bits per heavy atom. The van der Waals surface area contributed by atoms with E-state index in [1.807, 2.05) is 27.2 Å². The molecule has 0 bridgehead atoms. The number of esters is 2. The topological polar surface area (TPSA) is 165 Å². The number of quaternary nitrogens is 1. The van der Waals surface area contributed by atoms with Gasteiger partial charge in [0.05, 0.1) is 40.0 Å². The van der Waals surface area contributed by atoms with Crippen LogP contribution in [0.5, 0.6) is 0 Å². The van der Waals surface area contributed by atoms with E-state index in [1.54, 1.807) is 0 Å². The van der Waals surface area contributed by atoms with Crippen LogP contribution in [-0.4, -0.2) is 92.5 Å². The monoisotopic (exact) mass is 830 g/mol. The van der Waals surface area contributed by atoms with Gasteiger partial charge in [-0.05, 0) is 76.3 Å². The molecule has 0 saturated carbocycles. The van der Waals surface area contributed by atoms with Crippen molar-refractivity contribution in [3.8, 4) is 0 Å². The minimum Gasteiger partial charge on any atom is -0.756 e. The molecule has 1 aromatic heterocycles. The van der Waals surface area contributed by atoms with Crippen molar-refractivity contribution < 1.29 is 56.7 Å². The number of furan rings is 1. The van der Waals surface area contributed by atoms with E-state index in [4.69, 9.17) is 22.9 Å². The van der Waals surface area contributed by atoms with Crippen molar-refractivity contribution >= 4 is 19.8 Å². The highest BCUT2D eigenvalue weighted by atomic mass is 31.2. The van der Waals surface area contributed by atoms with Crippen LogP contribution in [0, 0.1) is 13.8 Å². The van der Waals surface area contributed by atoms with E-state index in [0.29, 0.717) is 36.7 Å². The predicted octanol–water partition coefficient (Wildman–Crippen LogP) is 8.76. The SMILES string of the molecule is CCCCC/C=C\C[C@H](O)[C@@H](O)CCCCCCCC(=O)O[C@H](COC(=O)CCCCCCCCc1oc(CCC)c(C)c1C)COP(=O)([O-])OCC[N+](C)(C)C. The van der Waals surface area contributed by atoms with E-state index in [0.717, 1.165) is 101 Å². The number of allylic oxidation sites excluding steroid dienone is 1. The second kappa shape index (κ2) is 30.9. The predicted molar refractivity (Wildman–Crippen MR) is 224 cm³/mol. The summed E-state index contributed by atoms with van der Waals surface area (Å²) in [6.45, 7) is 8.13. The average Bonchev–Trinajstić information content (AvgIpc) is 3.41. The number of nitrogens with zero attached hydrogens (tertiary/aromatic N) is 1. The fraction of sp³-hybridized carbons (Fsp3) is 0.818. The summed E-state index contributed by atoms with van der Waals surface area (Å²) in [5.41, 5.74) is 2.55. The van der Waals surface area contributed by atoms with Gasteiger partial charge in [0.25, 0.3) is 7.82 Å². The number of carbonyl (C=O) groups is 2. The number of ether oxygens (including phenoxy) is 2. The normalized spacial score (nSPS) is 14.8. The zero-order chi connectivity index (χ0) is 42.5. The van der Waals surface area contributed by atoms with E-state index >= 15 is 0 Å². The van der Waals surface area contributed by atoms with Gasteiger partial charge in [-0.1, -0.05) is 90.2 Å². The molecule has 1 heterocycles. The summed E-state index contributed by atoms with van der Waals surface area (Å²) in [6.07, 6.45) is 19.8. The van der Waals surface area contributed by atoms with E-state index in [1.165, 1.54) is 24.0 Å². The molecule has 4 atom stereocenters. The maximum Gasteiger partial charge on any atom is 0.306 e. The summed E-state index contributed by atoms with van der Waals surface area (Å²) in [5, 5.41) is 20.5. The molecule has 1 aromatic rings. The summed E-state index contributed by atoms with van der Waals surface area (Å²) in [4.78, 5) is 37.7. The fourth-order valence-electron chi connectivity index (χ4n) is 6.31. The van der Waals surface area contributed by atoms with E-state index in [9.17, 15) is 29.3 Å². The maximum absolute atomic E-state index is 12.7. The first-order valence-electron chi connectivity index (χ1n) is 21.9. The number of hydrogen-bond donors (Lipinski definition) is 2. The number of hydrogen-bond acceptors (Lipinski definition) is 11. The fourth-order valence-corrected chi connectivity index (χ4v) is 7.04. The second-order valence-corrected chi connectivity index (χ2v) is 18.0. The first-order valence-corrected chi connectivity index (χ1v) is 23.4. The standard InChI is InChI=1S/C44H80NO11P/c1-8-10-11-12-16-21-27-39(46)40(47)28-22-17-15-20-25-31-44(49)55-38(35-54-57(50,51)53-33-32-45(5,6)7)34-52-43(48)30-24-19-14-13-18-23-29-42-37(4)36(3)41(56-42)26-9-2/h16,21,38-40,46-47H,8-15,17-20,22-35H2,1-7H3/b21-16-/t38-,39+,40+/m1/s1. The van der Waals surface area contributed by atoms with E-state index in [-0.39, 0.29) is 26.1 Å². The highest BCUT2D eigenvalue weighted by Crippen LogP contribution is 2.38. The van der Waals surface area contributed by atoms with Crippen LogP contribution in [0.4, 0.5) is 0 Å². The quantitative estimate of drug-likeness (QED) is 0.0218. The maximum atomic E-state index is 12.7. The third-order valence-corrected chi connectivity index (χ3v) is 11.1. The van der Waals surface area contributed by atoms with Crippen molar-refractivity contribution in [2.75, 3.05) is 47.5 Å². The molecule has 1 unspecified atom stereocenters. The Morgan fingerprint density at radius 3 is 1.96 bits per heavy atom. The molecule has 12 nitrogen and oxygen atoms in total. The molecular formula is C44H80NO11P. The molecule has 0 saturated heterocycles. The lowest BCUT2D eigenvalue weighted by atomic mass is 10.0. The van der Waals surface area contributed by atoms with Crippen LogP contribution in [-0.2, 0) is 45.5 Å². The molecular weight excluding hydrogens is 749 g/mol. The molecule has 0 aliphatic heterocycles. The van der Waals surface area contributed by atoms with Crippen LogP contribution in [0.25, 0.3) is 0 Å². The molecule has 0 aliphatic carbocycles. The number of aryl methyl sites for hydroxylation is 2. The molecule has 0 spiro atoms. The Morgan fingerprint density at radius 2 is 1.33 bits per heavy atom. The Hall–Kier alpha value is -2.05. The second-order valence-electron chi connectivity index (χ2n) is 16.6. The first kappa shape index (κ1) is 53.0. The lowest BCUT2D eigenvalue weighted by molar-refractivity contribution is -0.870. The summed E-state index contributed by atoms with van der Waals surface area (Å²) in [5.74, 6) is 1.24. The van der Waals surface area contributed by atoms with Gasteiger partial charge in [0.1, 0.15) is 31.3 Å². The molecule has 1 rings (SSSR count). The molecule has 0 aromatic carbocycles. The average molecular weight is 830 g/mol. The van der Waals surface area contributed by atoms with Gasteiger partial charge in [-0.3, -0.25) is 14.2 Å². The molecule has 332 valence electrons. The Kier molecular flexibility index (Phi) is 28.7. The lowest BCUT2D eigenvalue weighted by Crippen LogP contribution is -2.37. The van der Waals surface area contributed by atoms with Crippen molar-refractivity contribution in [3.05, 3.63) is 34.8 Å². The third kappa shape index (κ3) is 27.4. The number of aliphatic hydroxyl groups excluding tert-OH is 2. The smallest absolute Gasteiger partial charge is 0.306 e. The molecule has 57 heavy (non-hydrogen) atoms. The summed E-state index contributed by atoms with van der Waals surface area (Å²) < 4.78 is 39.9. The number of aliphatic hydroxyl groups is 2. The summed E-state index contributed by atoms with van der Waals surface area (Å²) in [6, 6.07) is 0. The van der Waals surface area contributed by atoms with E-state index in [2.05, 4.69) is 33.8 Å². The number of phosphoric ester groups is 1. The van der Waals surface area contributed by atoms with Crippen LogP contribution in [0.1, 0.15) is 165 Å². The van der Waals surface area contributed by atoms with Gasteiger partial charge in [-0.15, -0.1) is 0 Å². The Labute approximate surface area is 345 Å². The van der Waals surface area contributed by atoms with Gasteiger partial charge in [0.15, 0.2) is 6.10 Å². The van der Waals surface area contributed by atoms with Crippen molar-refractivity contribution in [1.29, 1.82) is 0 Å². The van der Waals surface area contributed by atoms with Gasteiger partial charge in [0, 0.05) is 25.7 Å². The van der Waals surface area contributed by atoms with Gasteiger partial charge in [-0.25, -0.2) is 0 Å². The number of carbonyl (C=O) groups excluding carboxylic acids is 2. The molecule has 2 N–H and O–H groups in total. The Bertz CT molecular complexity index is 1290. The van der Waals surface area contributed by atoms with Crippen LogP contribution in [0.15, 0.2) is 16.6 Å². The number of phosphoric acid groups is 1. The van der Waals surface area contributed by atoms with Crippen LogP contribution < -0.4 is 4.89 Å². The van der Waals surface area contributed by atoms with Crippen LogP contribution in [0.3, 0.4) is 0 Å². The van der Waals surface area contributed by atoms with Crippen molar-refractivity contribution in [3.63, 3.8) is 0 Å². The molecule has 0 amide bonds. The van der Waals surface area contributed by atoms with Crippen molar-refractivity contribution in [2.45, 2.75) is 187 Å². The highest BCUT2D eigenvalue weighted by Gasteiger charge is 2.22. The number of rotatable bonds is 36. The van der Waals surface area contributed by atoms with Crippen molar-refractivity contribution in [2.24, 2.45) is 0 Å². The van der Waals surface area contributed by atoms with Gasteiger partial charge < -0.3 is 42.5 Å². The largest absolute Gasteiger partial charge is 0.756 e. The molecule has 0 aliphatic rings. The zero-order valence-corrected chi connectivity index (χ0v) is 37.6. The highest BCUT2D eigenvalue weighted by molar-refractivity contribution is 7.45. The minimum atomic E-state index is -4.68. The zero-order valence-electron chi connectivity index (χ0n) is 36.7. The first-order chi connectivity index (χ1) is 27.1. The molecule has 0 radical (unpaired) electrons. The number of likely N-dealkylation sites (N-methyl/N-ethyl adjacent to an activating group) is 1. The van der Waals surface area contributed by atoms with Gasteiger partial charge >= 0.3 is 11.9 Å². The van der Waals surface area contributed by atoms with Crippen LogP contribution in [0.2, 0.25) is 0 Å². The summed E-state index contributed by atoms with van der Waals surface area (Å²) in [7, 11) is 1.04.